The molecule has 96 valence electrons. The Balaban J connectivity index is 2.69. The van der Waals surface area contributed by atoms with Gasteiger partial charge in [-0.05, 0) is 26.3 Å². The molecule has 0 fully saturated rings. The van der Waals surface area contributed by atoms with Gasteiger partial charge in [-0.25, -0.2) is 0 Å². The van der Waals surface area contributed by atoms with Crippen molar-refractivity contribution in [2.75, 3.05) is 13.2 Å². The number of pyridine rings is 1. The number of aromatic nitrogens is 1. The van der Waals surface area contributed by atoms with Crippen molar-refractivity contribution in [1.82, 2.24) is 4.98 Å². The molecule has 17 heavy (non-hydrogen) atoms. The SMILES string of the molecule is CCCOc1cncc(C(O)C(C)OCC)c1. The van der Waals surface area contributed by atoms with E-state index in [1.54, 1.807) is 12.4 Å². The van der Waals surface area contributed by atoms with E-state index in [0.29, 0.717) is 19.0 Å². The van der Waals surface area contributed by atoms with Gasteiger partial charge in [0.05, 0.1) is 18.9 Å². The summed E-state index contributed by atoms with van der Waals surface area (Å²) >= 11 is 0. The van der Waals surface area contributed by atoms with Crippen molar-refractivity contribution in [2.45, 2.75) is 39.4 Å². The van der Waals surface area contributed by atoms with Crippen LogP contribution in [0.4, 0.5) is 0 Å². The van der Waals surface area contributed by atoms with Crippen molar-refractivity contribution >= 4 is 0 Å². The third-order valence-electron chi connectivity index (χ3n) is 2.42. The van der Waals surface area contributed by atoms with Gasteiger partial charge in [-0.1, -0.05) is 6.92 Å². The summed E-state index contributed by atoms with van der Waals surface area (Å²) in [5.41, 5.74) is 0.722. The van der Waals surface area contributed by atoms with Crippen LogP contribution >= 0.6 is 0 Å². The molecule has 0 aliphatic heterocycles. The van der Waals surface area contributed by atoms with Gasteiger partial charge in [0, 0.05) is 18.4 Å². The molecule has 1 aromatic heterocycles. The molecule has 0 aliphatic carbocycles. The molecular weight excluding hydrogens is 218 g/mol. The normalized spacial score (nSPS) is 14.4. The second-order valence-corrected chi connectivity index (χ2v) is 3.91. The lowest BCUT2D eigenvalue weighted by molar-refractivity contribution is -0.0229. The van der Waals surface area contributed by atoms with Gasteiger partial charge < -0.3 is 14.6 Å². The Morgan fingerprint density at radius 3 is 2.76 bits per heavy atom. The zero-order chi connectivity index (χ0) is 12.7. The highest BCUT2D eigenvalue weighted by Crippen LogP contribution is 2.22. The Hall–Kier alpha value is -1.13. The monoisotopic (exact) mass is 239 g/mol. The fourth-order valence-corrected chi connectivity index (χ4v) is 1.52. The molecular formula is C13H21NO3. The Morgan fingerprint density at radius 2 is 2.12 bits per heavy atom. The molecule has 0 spiro atoms. The Kier molecular flexibility index (Phi) is 5.94. The van der Waals surface area contributed by atoms with E-state index < -0.39 is 6.10 Å². The molecule has 0 aromatic carbocycles. The lowest BCUT2D eigenvalue weighted by atomic mass is 10.1. The third kappa shape index (κ3) is 4.32. The first-order valence-corrected chi connectivity index (χ1v) is 6.06. The van der Waals surface area contributed by atoms with Gasteiger partial charge in [-0.2, -0.15) is 0 Å². The highest BCUT2D eigenvalue weighted by Gasteiger charge is 2.17. The van der Waals surface area contributed by atoms with E-state index in [4.69, 9.17) is 9.47 Å². The smallest absolute Gasteiger partial charge is 0.137 e. The van der Waals surface area contributed by atoms with Gasteiger partial charge in [-0.3, -0.25) is 4.98 Å². The maximum Gasteiger partial charge on any atom is 0.137 e. The highest BCUT2D eigenvalue weighted by atomic mass is 16.5. The average Bonchev–Trinajstić information content (AvgIpc) is 2.36. The Morgan fingerprint density at radius 1 is 1.35 bits per heavy atom. The largest absolute Gasteiger partial charge is 0.492 e. The molecule has 0 radical (unpaired) electrons. The van der Waals surface area contributed by atoms with Gasteiger partial charge in [0.2, 0.25) is 0 Å². The molecule has 1 N–H and O–H groups in total. The molecule has 0 saturated carbocycles. The first-order chi connectivity index (χ1) is 8.19. The maximum atomic E-state index is 10.0. The number of aliphatic hydroxyl groups is 1. The topological polar surface area (TPSA) is 51.6 Å². The van der Waals surface area contributed by atoms with Crippen LogP contribution in [0, 0.1) is 0 Å². The summed E-state index contributed by atoms with van der Waals surface area (Å²) in [5, 5.41) is 10.0. The first-order valence-electron chi connectivity index (χ1n) is 6.06. The van der Waals surface area contributed by atoms with Gasteiger partial charge in [0.15, 0.2) is 0 Å². The third-order valence-corrected chi connectivity index (χ3v) is 2.42. The lowest BCUT2D eigenvalue weighted by Crippen LogP contribution is -2.18. The summed E-state index contributed by atoms with van der Waals surface area (Å²) in [4.78, 5) is 4.06. The Labute approximate surface area is 103 Å². The van der Waals surface area contributed by atoms with Crippen LogP contribution in [0.2, 0.25) is 0 Å². The van der Waals surface area contributed by atoms with Crippen molar-refractivity contribution in [3.05, 3.63) is 24.0 Å². The highest BCUT2D eigenvalue weighted by molar-refractivity contribution is 5.25. The van der Waals surface area contributed by atoms with Crippen LogP contribution in [-0.4, -0.2) is 29.4 Å². The average molecular weight is 239 g/mol. The van der Waals surface area contributed by atoms with Crippen LogP contribution in [0.5, 0.6) is 5.75 Å². The number of rotatable bonds is 7. The van der Waals surface area contributed by atoms with E-state index in [2.05, 4.69) is 4.98 Å². The van der Waals surface area contributed by atoms with Crippen molar-refractivity contribution < 1.29 is 14.6 Å². The number of ether oxygens (including phenoxy) is 2. The zero-order valence-corrected chi connectivity index (χ0v) is 10.7. The van der Waals surface area contributed by atoms with E-state index in [1.807, 2.05) is 26.8 Å². The van der Waals surface area contributed by atoms with E-state index >= 15 is 0 Å². The minimum absolute atomic E-state index is 0.247. The van der Waals surface area contributed by atoms with Crippen molar-refractivity contribution in [3.63, 3.8) is 0 Å². The summed E-state index contributed by atoms with van der Waals surface area (Å²) < 4.78 is 10.8. The second kappa shape index (κ2) is 7.25. The van der Waals surface area contributed by atoms with Crippen LogP contribution in [0.1, 0.15) is 38.9 Å². The number of hydrogen-bond donors (Lipinski definition) is 1. The Bertz CT molecular complexity index is 330. The van der Waals surface area contributed by atoms with Crippen molar-refractivity contribution in [1.29, 1.82) is 0 Å². The van der Waals surface area contributed by atoms with Crippen LogP contribution in [-0.2, 0) is 4.74 Å². The summed E-state index contributed by atoms with van der Waals surface area (Å²) in [5.74, 6) is 0.687. The maximum absolute atomic E-state index is 10.0. The summed E-state index contributed by atoms with van der Waals surface area (Å²) in [7, 11) is 0. The molecule has 2 unspecified atom stereocenters. The second-order valence-electron chi connectivity index (χ2n) is 3.91. The van der Waals surface area contributed by atoms with Crippen molar-refractivity contribution in [2.24, 2.45) is 0 Å². The number of nitrogens with zero attached hydrogens (tertiary/aromatic N) is 1. The van der Waals surface area contributed by atoms with Gasteiger partial charge in [0.1, 0.15) is 11.9 Å². The molecule has 1 heterocycles. The molecule has 1 aromatic rings. The molecule has 4 heteroatoms. The molecule has 0 bridgehead atoms. The molecule has 4 nitrogen and oxygen atoms in total. The van der Waals surface area contributed by atoms with Crippen molar-refractivity contribution in [3.8, 4) is 5.75 Å². The molecule has 2 atom stereocenters. The zero-order valence-electron chi connectivity index (χ0n) is 10.7. The van der Waals surface area contributed by atoms with Gasteiger partial charge in [-0.15, -0.1) is 0 Å². The van der Waals surface area contributed by atoms with Crippen LogP contribution in [0.3, 0.4) is 0 Å². The fourth-order valence-electron chi connectivity index (χ4n) is 1.52. The van der Waals surface area contributed by atoms with E-state index in [-0.39, 0.29) is 6.10 Å². The number of hydrogen-bond acceptors (Lipinski definition) is 4. The summed E-state index contributed by atoms with van der Waals surface area (Å²) in [6.07, 6.45) is 3.31. The van der Waals surface area contributed by atoms with E-state index in [1.165, 1.54) is 0 Å². The fraction of sp³-hybridized carbons (Fsp3) is 0.615. The van der Waals surface area contributed by atoms with E-state index in [0.717, 1.165) is 12.0 Å². The van der Waals surface area contributed by atoms with Crippen LogP contribution < -0.4 is 4.74 Å². The molecule has 0 saturated heterocycles. The molecule has 0 amide bonds. The van der Waals surface area contributed by atoms with Crippen LogP contribution in [0.25, 0.3) is 0 Å². The quantitative estimate of drug-likeness (QED) is 0.793. The minimum atomic E-state index is -0.673. The van der Waals surface area contributed by atoms with E-state index in [9.17, 15) is 5.11 Å². The molecule has 1 rings (SSSR count). The lowest BCUT2D eigenvalue weighted by Gasteiger charge is -2.19. The van der Waals surface area contributed by atoms with Gasteiger partial charge in [0.25, 0.3) is 0 Å². The first kappa shape index (κ1) is 13.9. The van der Waals surface area contributed by atoms with Gasteiger partial charge >= 0.3 is 0 Å². The minimum Gasteiger partial charge on any atom is -0.492 e. The number of aliphatic hydroxyl groups excluding tert-OH is 1. The summed E-state index contributed by atoms with van der Waals surface area (Å²) in [6.45, 7) is 7.03. The summed E-state index contributed by atoms with van der Waals surface area (Å²) in [6, 6.07) is 1.81. The predicted molar refractivity (Wildman–Crippen MR) is 66.1 cm³/mol. The predicted octanol–water partition coefficient (Wildman–Crippen LogP) is 2.33. The molecule has 0 aliphatic rings. The van der Waals surface area contributed by atoms with Crippen LogP contribution in [0.15, 0.2) is 18.5 Å². The standard InChI is InChI=1S/C13H21NO3/c1-4-6-17-12-7-11(8-14-9-12)13(15)10(3)16-5-2/h7-10,13,15H,4-6H2,1-3H3.